The number of fused-ring (bicyclic) bond motifs is 1. The summed E-state index contributed by atoms with van der Waals surface area (Å²) in [5.74, 6) is -6.29. The molecule has 0 radical (unpaired) electrons. The summed E-state index contributed by atoms with van der Waals surface area (Å²) in [6.07, 6.45) is -1.32. The number of halogens is 3. The number of carbonyl (C=O) groups is 2. The van der Waals surface area contributed by atoms with Crippen molar-refractivity contribution in [3.05, 3.63) is 70.7 Å². The average molecular weight is 402 g/mol. The van der Waals surface area contributed by atoms with Crippen molar-refractivity contribution in [2.75, 3.05) is 5.32 Å². The molecule has 0 saturated carbocycles. The normalized spacial score (nSPS) is 11.9. The molecule has 5 nitrogen and oxygen atoms in total. The number of nitrogens with one attached hydrogen (secondary N) is 1. The number of hydrogen-bond donors (Lipinski definition) is 1. The molecular formula is C21H17F3N2O3. The van der Waals surface area contributed by atoms with Crippen LogP contribution in [0.1, 0.15) is 28.5 Å². The van der Waals surface area contributed by atoms with Gasteiger partial charge in [-0.3, -0.25) is 9.78 Å². The molecule has 1 atom stereocenters. The molecule has 1 aromatic heterocycles. The second-order valence-electron chi connectivity index (χ2n) is 6.47. The van der Waals surface area contributed by atoms with Crippen LogP contribution < -0.4 is 5.32 Å². The average Bonchev–Trinajstić information content (AvgIpc) is 2.68. The van der Waals surface area contributed by atoms with Crippen LogP contribution in [-0.2, 0) is 9.53 Å². The van der Waals surface area contributed by atoms with Crippen molar-refractivity contribution >= 4 is 28.5 Å². The monoisotopic (exact) mass is 402 g/mol. The van der Waals surface area contributed by atoms with Crippen LogP contribution in [0.5, 0.6) is 0 Å². The van der Waals surface area contributed by atoms with Gasteiger partial charge in [-0.25, -0.2) is 18.0 Å². The molecular weight excluding hydrogens is 385 g/mol. The summed E-state index contributed by atoms with van der Waals surface area (Å²) in [5, 5.41) is 2.85. The molecule has 0 aliphatic carbocycles. The van der Waals surface area contributed by atoms with Crippen molar-refractivity contribution in [1.29, 1.82) is 0 Å². The highest BCUT2D eigenvalue weighted by atomic mass is 19.2. The fourth-order valence-electron chi connectivity index (χ4n) is 2.96. The van der Waals surface area contributed by atoms with Gasteiger partial charge in [0.25, 0.3) is 5.91 Å². The number of aromatic nitrogens is 1. The Hall–Kier alpha value is -3.42. The third-order valence-corrected chi connectivity index (χ3v) is 4.48. The third-order valence-electron chi connectivity index (χ3n) is 4.48. The molecule has 1 N–H and O–H groups in total. The van der Waals surface area contributed by atoms with Crippen molar-refractivity contribution < 1.29 is 27.5 Å². The lowest BCUT2D eigenvalue weighted by Gasteiger charge is -2.16. The number of nitrogens with zero attached hydrogens (tertiary/aromatic N) is 1. The van der Waals surface area contributed by atoms with Gasteiger partial charge in [0.2, 0.25) is 0 Å². The maximum atomic E-state index is 13.7. The first-order valence-electron chi connectivity index (χ1n) is 8.72. The maximum Gasteiger partial charge on any atom is 0.341 e. The minimum Gasteiger partial charge on any atom is -0.449 e. The number of aryl methyl sites for hydroxylation is 2. The largest absolute Gasteiger partial charge is 0.449 e. The Kier molecular flexibility index (Phi) is 5.54. The second-order valence-corrected chi connectivity index (χ2v) is 6.47. The van der Waals surface area contributed by atoms with E-state index in [4.69, 9.17) is 4.74 Å². The van der Waals surface area contributed by atoms with Crippen LogP contribution >= 0.6 is 0 Å². The Balaban J connectivity index is 1.80. The molecule has 3 aromatic rings. The zero-order valence-electron chi connectivity index (χ0n) is 15.8. The van der Waals surface area contributed by atoms with E-state index in [9.17, 15) is 22.8 Å². The van der Waals surface area contributed by atoms with Crippen LogP contribution in [0.25, 0.3) is 10.9 Å². The number of pyridine rings is 1. The minimum atomic E-state index is -1.71. The molecule has 1 heterocycles. The van der Waals surface area contributed by atoms with Gasteiger partial charge in [-0.2, -0.15) is 0 Å². The number of carbonyl (C=O) groups excluding carboxylic acids is 2. The van der Waals surface area contributed by atoms with Crippen LogP contribution in [0.3, 0.4) is 0 Å². The quantitative estimate of drug-likeness (QED) is 0.517. The Morgan fingerprint density at radius 3 is 2.45 bits per heavy atom. The first-order chi connectivity index (χ1) is 13.7. The van der Waals surface area contributed by atoms with Gasteiger partial charge in [0.05, 0.1) is 22.5 Å². The van der Waals surface area contributed by atoms with Gasteiger partial charge in [0.1, 0.15) is 0 Å². The van der Waals surface area contributed by atoms with Crippen LogP contribution in [-0.4, -0.2) is 23.0 Å². The van der Waals surface area contributed by atoms with Gasteiger partial charge < -0.3 is 10.1 Å². The van der Waals surface area contributed by atoms with E-state index >= 15 is 0 Å². The minimum absolute atomic E-state index is 0.224. The SMILES string of the molecule is Cc1nc2ccccc2c(C)c1C(=O)O[C@@H](C)C(=O)Nc1ccc(F)c(F)c1F. The second kappa shape index (κ2) is 7.90. The molecule has 0 unspecified atom stereocenters. The van der Waals surface area contributed by atoms with E-state index in [-0.39, 0.29) is 5.56 Å². The van der Waals surface area contributed by atoms with Crippen molar-refractivity contribution in [1.82, 2.24) is 4.98 Å². The molecule has 0 fully saturated rings. The number of esters is 1. The van der Waals surface area contributed by atoms with E-state index in [1.54, 1.807) is 13.8 Å². The lowest BCUT2D eigenvalue weighted by molar-refractivity contribution is -0.123. The standard InChI is InChI=1S/C21H17F3N2O3/c1-10-13-6-4-5-7-15(13)25-11(2)17(10)21(28)29-12(3)20(27)26-16-9-8-14(22)18(23)19(16)24/h4-9,12H,1-3H3,(H,26,27)/t12-/m0/s1. The Morgan fingerprint density at radius 2 is 1.72 bits per heavy atom. The van der Waals surface area contributed by atoms with E-state index in [1.807, 2.05) is 24.3 Å². The molecule has 8 heteroatoms. The first kappa shape index (κ1) is 20.3. The van der Waals surface area contributed by atoms with Crippen LogP contribution in [0.4, 0.5) is 18.9 Å². The predicted octanol–water partition coefficient (Wildman–Crippen LogP) is 4.45. The fourth-order valence-corrected chi connectivity index (χ4v) is 2.96. The fraction of sp³-hybridized carbons (Fsp3) is 0.190. The molecule has 0 aliphatic rings. The summed E-state index contributed by atoms with van der Waals surface area (Å²) < 4.78 is 45.2. The van der Waals surface area contributed by atoms with Crippen molar-refractivity contribution in [3.8, 4) is 0 Å². The number of benzene rings is 2. The van der Waals surface area contributed by atoms with Crippen molar-refractivity contribution in [3.63, 3.8) is 0 Å². The van der Waals surface area contributed by atoms with Crippen molar-refractivity contribution in [2.45, 2.75) is 26.9 Å². The predicted molar refractivity (Wildman–Crippen MR) is 101 cm³/mol. The summed E-state index contributed by atoms with van der Waals surface area (Å²) in [7, 11) is 0. The molecule has 29 heavy (non-hydrogen) atoms. The smallest absolute Gasteiger partial charge is 0.341 e. The van der Waals surface area contributed by atoms with Crippen LogP contribution in [0, 0.1) is 31.3 Å². The summed E-state index contributed by atoms with van der Waals surface area (Å²) in [6.45, 7) is 4.68. The summed E-state index contributed by atoms with van der Waals surface area (Å²) in [6, 6.07) is 8.83. The molecule has 150 valence electrons. The zero-order chi connectivity index (χ0) is 21.3. The van der Waals surface area contributed by atoms with Gasteiger partial charge >= 0.3 is 5.97 Å². The molecule has 3 rings (SSSR count). The lowest BCUT2D eigenvalue weighted by Crippen LogP contribution is -2.31. The Bertz CT molecular complexity index is 1130. The number of ether oxygens (including phenoxy) is 1. The van der Waals surface area contributed by atoms with E-state index in [2.05, 4.69) is 10.3 Å². The highest BCUT2D eigenvalue weighted by molar-refractivity contribution is 6.01. The van der Waals surface area contributed by atoms with E-state index in [1.165, 1.54) is 6.92 Å². The molecule has 0 bridgehead atoms. The lowest BCUT2D eigenvalue weighted by atomic mass is 10.0. The molecule has 0 saturated heterocycles. The number of para-hydroxylation sites is 1. The molecule has 1 amide bonds. The van der Waals surface area contributed by atoms with Gasteiger partial charge in [0.15, 0.2) is 23.6 Å². The van der Waals surface area contributed by atoms with Crippen LogP contribution in [0.15, 0.2) is 36.4 Å². The number of rotatable bonds is 4. The maximum absolute atomic E-state index is 13.7. The van der Waals surface area contributed by atoms with E-state index in [0.717, 1.165) is 17.0 Å². The Morgan fingerprint density at radius 1 is 1.03 bits per heavy atom. The zero-order valence-corrected chi connectivity index (χ0v) is 15.8. The number of amides is 1. The highest BCUT2D eigenvalue weighted by Gasteiger charge is 2.24. The summed E-state index contributed by atoms with van der Waals surface area (Å²) in [4.78, 5) is 29.2. The van der Waals surface area contributed by atoms with Gasteiger partial charge in [-0.1, -0.05) is 18.2 Å². The highest BCUT2D eigenvalue weighted by Crippen LogP contribution is 2.24. The molecule has 2 aromatic carbocycles. The summed E-state index contributed by atoms with van der Waals surface area (Å²) >= 11 is 0. The third kappa shape index (κ3) is 3.91. The van der Waals surface area contributed by atoms with Gasteiger partial charge in [-0.05, 0) is 44.5 Å². The van der Waals surface area contributed by atoms with E-state index in [0.29, 0.717) is 17.3 Å². The van der Waals surface area contributed by atoms with Crippen LogP contribution in [0.2, 0.25) is 0 Å². The number of anilines is 1. The van der Waals surface area contributed by atoms with E-state index < -0.39 is 41.1 Å². The summed E-state index contributed by atoms with van der Waals surface area (Å²) in [5.41, 5.74) is 1.47. The number of hydrogen-bond acceptors (Lipinski definition) is 4. The molecule has 0 aliphatic heterocycles. The Labute approximate surface area is 164 Å². The first-order valence-corrected chi connectivity index (χ1v) is 8.72. The van der Waals surface area contributed by atoms with Gasteiger partial charge in [0, 0.05) is 5.39 Å². The molecule has 0 spiro atoms. The van der Waals surface area contributed by atoms with Crippen molar-refractivity contribution in [2.24, 2.45) is 0 Å². The topological polar surface area (TPSA) is 68.3 Å². The van der Waals surface area contributed by atoms with Gasteiger partial charge in [-0.15, -0.1) is 0 Å².